The van der Waals surface area contributed by atoms with E-state index < -0.39 is 0 Å². The van der Waals surface area contributed by atoms with Crippen molar-refractivity contribution < 1.29 is 0 Å². The van der Waals surface area contributed by atoms with Gasteiger partial charge < -0.3 is 0 Å². The zero-order valence-electron chi connectivity index (χ0n) is 16.4. The van der Waals surface area contributed by atoms with Gasteiger partial charge in [0.25, 0.3) is 0 Å². The fraction of sp³-hybridized carbons (Fsp3) is 0.227. The molecule has 0 fully saturated rings. The van der Waals surface area contributed by atoms with Crippen molar-refractivity contribution in [2.24, 2.45) is 5.92 Å². The first-order valence-electron chi connectivity index (χ1n) is 9.72. The van der Waals surface area contributed by atoms with E-state index in [1.807, 2.05) is 52.2 Å². The Kier molecular flexibility index (Phi) is 4.27. The molecule has 0 radical (unpaired) electrons. The lowest BCUT2D eigenvalue weighted by molar-refractivity contribution is 0.483. The maximum absolute atomic E-state index is 4.83. The first-order valence-corrected chi connectivity index (χ1v) is 9.72. The molecule has 7 heteroatoms. The maximum atomic E-state index is 4.83. The molecule has 0 spiro atoms. The number of fused-ring (bicyclic) bond motifs is 2. The SMILES string of the molecule is CC(C)Cn1cc(-c2ccc3nnn(Cc4ccc5ncccc5c4)c3n2)cn1. The molecule has 7 nitrogen and oxygen atoms in total. The average molecular weight is 383 g/mol. The Bertz CT molecular complexity index is 1300. The molecule has 4 heterocycles. The normalized spacial score (nSPS) is 11.7. The van der Waals surface area contributed by atoms with Crippen molar-refractivity contribution in [2.75, 3.05) is 0 Å². The Labute approximate surface area is 168 Å². The van der Waals surface area contributed by atoms with Crippen molar-refractivity contribution in [1.29, 1.82) is 0 Å². The summed E-state index contributed by atoms with van der Waals surface area (Å²) in [5, 5.41) is 14.2. The van der Waals surface area contributed by atoms with Crippen molar-refractivity contribution in [2.45, 2.75) is 26.9 Å². The van der Waals surface area contributed by atoms with E-state index in [0.29, 0.717) is 12.5 Å². The van der Waals surface area contributed by atoms with Crippen LogP contribution in [0.1, 0.15) is 19.4 Å². The topological polar surface area (TPSA) is 74.3 Å². The second-order valence-corrected chi connectivity index (χ2v) is 7.66. The van der Waals surface area contributed by atoms with Gasteiger partial charge in [0.05, 0.1) is 24.0 Å². The second-order valence-electron chi connectivity index (χ2n) is 7.66. The van der Waals surface area contributed by atoms with Crippen LogP contribution in [0, 0.1) is 5.92 Å². The van der Waals surface area contributed by atoms with E-state index in [2.05, 4.69) is 52.4 Å². The van der Waals surface area contributed by atoms with E-state index in [1.165, 1.54) is 0 Å². The first-order chi connectivity index (χ1) is 14.2. The van der Waals surface area contributed by atoms with Gasteiger partial charge in [-0.1, -0.05) is 31.2 Å². The minimum atomic E-state index is 0.543. The number of aromatic nitrogens is 7. The number of hydrogen-bond acceptors (Lipinski definition) is 5. The molecule has 1 aromatic carbocycles. The average Bonchev–Trinajstić information content (AvgIpc) is 3.34. The third kappa shape index (κ3) is 3.47. The van der Waals surface area contributed by atoms with Gasteiger partial charge in [0, 0.05) is 29.9 Å². The van der Waals surface area contributed by atoms with E-state index in [9.17, 15) is 0 Å². The minimum absolute atomic E-state index is 0.543. The molecular formula is C22H21N7. The molecule has 0 aliphatic rings. The van der Waals surface area contributed by atoms with Gasteiger partial charge in [-0.2, -0.15) is 5.10 Å². The van der Waals surface area contributed by atoms with Crippen LogP contribution in [-0.4, -0.2) is 34.7 Å². The van der Waals surface area contributed by atoms with Gasteiger partial charge in [-0.05, 0) is 41.8 Å². The summed E-state index contributed by atoms with van der Waals surface area (Å²) in [6.07, 6.45) is 5.71. The lowest BCUT2D eigenvalue weighted by atomic mass is 10.1. The molecule has 0 aliphatic heterocycles. The van der Waals surface area contributed by atoms with Gasteiger partial charge in [-0.3, -0.25) is 9.67 Å². The van der Waals surface area contributed by atoms with Crippen LogP contribution < -0.4 is 0 Å². The Morgan fingerprint density at radius 1 is 1.03 bits per heavy atom. The predicted molar refractivity (Wildman–Crippen MR) is 112 cm³/mol. The fourth-order valence-electron chi connectivity index (χ4n) is 3.49. The molecule has 0 amide bonds. The summed E-state index contributed by atoms with van der Waals surface area (Å²) in [5.74, 6) is 0.543. The Morgan fingerprint density at radius 3 is 2.83 bits per heavy atom. The van der Waals surface area contributed by atoms with Crippen molar-refractivity contribution >= 4 is 22.1 Å². The van der Waals surface area contributed by atoms with E-state index in [-0.39, 0.29) is 0 Å². The van der Waals surface area contributed by atoms with E-state index in [1.54, 1.807) is 0 Å². The zero-order chi connectivity index (χ0) is 19.8. The van der Waals surface area contributed by atoms with Crippen LogP contribution in [0.2, 0.25) is 0 Å². The van der Waals surface area contributed by atoms with Gasteiger partial charge in [0.2, 0.25) is 0 Å². The van der Waals surface area contributed by atoms with Gasteiger partial charge in [0.1, 0.15) is 5.52 Å². The largest absolute Gasteiger partial charge is 0.272 e. The molecule has 0 N–H and O–H groups in total. The molecular weight excluding hydrogens is 362 g/mol. The summed E-state index contributed by atoms with van der Waals surface area (Å²) in [4.78, 5) is 9.21. The third-order valence-corrected chi connectivity index (χ3v) is 4.84. The summed E-state index contributed by atoms with van der Waals surface area (Å²) in [6, 6.07) is 14.2. The third-order valence-electron chi connectivity index (χ3n) is 4.84. The van der Waals surface area contributed by atoms with E-state index in [0.717, 1.165) is 45.4 Å². The van der Waals surface area contributed by atoms with E-state index >= 15 is 0 Å². The first kappa shape index (κ1) is 17.5. The Hall–Kier alpha value is -3.61. The zero-order valence-corrected chi connectivity index (χ0v) is 16.4. The Balaban J connectivity index is 1.48. The van der Waals surface area contributed by atoms with Crippen LogP contribution in [0.3, 0.4) is 0 Å². The van der Waals surface area contributed by atoms with Crippen molar-refractivity contribution in [3.05, 3.63) is 66.6 Å². The summed E-state index contributed by atoms with van der Waals surface area (Å²) in [6.45, 7) is 5.85. The highest BCUT2D eigenvalue weighted by Gasteiger charge is 2.11. The smallest absolute Gasteiger partial charge is 0.179 e. The molecule has 4 aromatic heterocycles. The number of pyridine rings is 2. The van der Waals surface area contributed by atoms with Crippen molar-refractivity contribution in [3.8, 4) is 11.3 Å². The molecule has 0 atom stereocenters. The van der Waals surface area contributed by atoms with Gasteiger partial charge in [-0.15, -0.1) is 5.10 Å². The maximum Gasteiger partial charge on any atom is 0.179 e. The van der Waals surface area contributed by atoms with Crippen LogP contribution >= 0.6 is 0 Å². The summed E-state index contributed by atoms with van der Waals surface area (Å²) in [7, 11) is 0. The van der Waals surface area contributed by atoms with Crippen LogP contribution in [0.5, 0.6) is 0 Å². The number of nitrogens with zero attached hydrogens (tertiary/aromatic N) is 7. The summed E-state index contributed by atoms with van der Waals surface area (Å²) >= 11 is 0. The number of hydrogen-bond donors (Lipinski definition) is 0. The fourth-order valence-corrected chi connectivity index (χ4v) is 3.49. The standard InChI is InChI=1S/C22H21N7/c1-15(2)12-28-14-18(11-24-28)20-7-8-21-22(25-20)29(27-26-21)13-16-5-6-19-17(10-16)4-3-9-23-19/h3-11,14-15H,12-13H2,1-2H3. The summed E-state index contributed by atoms with van der Waals surface area (Å²) in [5.41, 5.74) is 5.54. The van der Waals surface area contributed by atoms with Crippen LogP contribution in [0.15, 0.2) is 61.1 Å². The highest BCUT2D eigenvalue weighted by atomic mass is 15.4. The molecule has 0 bridgehead atoms. The van der Waals surface area contributed by atoms with Crippen LogP contribution in [0.25, 0.3) is 33.3 Å². The van der Waals surface area contributed by atoms with Crippen LogP contribution in [-0.2, 0) is 13.1 Å². The highest BCUT2D eigenvalue weighted by molar-refractivity contribution is 5.79. The molecule has 0 saturated heterocycles. The van der Waals surface area contributed by atoms with Gasteiger partial charge >= 0.3 is 0 Å². The molecule has 29 heavy (non-hydrogen) atoms. The molecule has 0 unspecified atom stereocenters. The highest BCUT2D eigenvalue weighted by Crippen LogP contribution is 2.21. The quantitative estimate of drug-likeness (QED) is 0.459. The summed E-state index contributed by atoms with van der Waals surface area (Å²) < 4.78 is 3.81. The predicted octanol–water partition coefficient (Wildman–Crippen LogP) is 3.94. The molecule has 5 rings (SSSR count). The second kappa shape index (κ2) is 7.09. The molecule has 0 saturated carbocycles. The minimum Gasteiger partial charge on any atom is -0.272 e. The van der Waals surface area contributed by atoms with E-state index in [4.69, 9.17) is 4.98 Å². The lowest BCUT2D eigenvalue weighted by Crippen LogP contribution is -2.04. The number of rotatable bonds is 5. The van der Waals surface area contributed by atoms with Crippen molar-refractivity contribution in [3.63, 3.8) is 0 Å². The van der Waals surface area contributed by atoms with Gasteiger partial charge in [-0.25, -0.2) is 9.67 Å². The van der Waals surface area contributed by atoms with Crippen LogP contribution in [0.4, 0.5) is 0 Å². The van der Waals surface area contributed by atoms with Gasteiger partial charge in [0.15, 0.2) is 5.65 Å². The van der Waals surface area contributed by atoms with Crippen molar-refractivity contribution in [1.82, 2.24) is 34.7 Å². The molecule has 144 valence electrons. The molecule has 5 aromatic rings. The lowest BCUT2D eigenvalue weighted by Gasteiger charge is -2.05. The molecule has 0 aliphatic carbocycles. The monoisotopic (exact) mass is 383 g/mol. The Morgan fingerprint density at radius 2 is 1.93 bits per heavy atom. The number of benzene rings is 1.